The average Bonchev–Trinajstić information content (AvgIpc) is 1.94. The van der Waals surface area contributed by atoms with Crippen molar-refractivity contribution in [3.63, 3.8) is 0 Å². The Morgan fingerprint density at radius 1 is 1.64 bits per heavy atom. The predicted octanol–water partition coefficient (Wildman–Crippen LogP) is 0.378. The average molecular weight is 157 g/mol. The number of piperidine rings is 1. The van der Waals surface area contributed by atoms with Gasteiger partial charge in [-0.05, 0) is 26.7 Å². The third kappa shape index (κ3) is 1.71. The van der Waals surface area contributed by atoms with Gasteiger partial charge in [-0.15, -0.1) is 0 Å². The van der Waals surface area contributed by atoms with Crippen LogP contribution in [0.1, 0.15) is 26.7 Å². The summed E-state index contributed by atoms with van der Waals surface area (Å²) in [4.78, 5) is 13.0. The van der Waals surface area contributed by atoms with Gasteiger partial charge in [0.05, 0.1) is 0 Å². The van der Waals surface area contributed by atoms with Crippen molar-refractivity contribution in [2.75, 3.05) is 6.54 Å². The standard InChI is InChI=1S/C8H15NO2/c1-6(2)9-5-3-4-7(10)8(9)11/h6-7,10H,3-5H2,1-2H3/t7-/m1/s1. The second-order valence-corrected chi connectivity index (χ2v) is 3.28. The third-order valence-corrected chi connectivity index (χ3v) is 2.07. The number of hydrogen-bond donors (Lipinski definition) is 1. The van der Waals surface area contributed by atoms with Crippen LogP contribution < -0.4 is 0 Å². The minimum Gasteiger partial charge on any atom is -0.383 e. The first-order valence-electron chi connectivity index (χ1n) is 4.11. The Bertz CT molecular complexity index is 156. The van der Waals surface area contributed by atoms with Crippen LogP contribution in [-0.2, 0) is 4.79 Å². The molecule has 1 amide bonds. The van der Waals surface area contributed by atoms with E-state index in [0.29, 0.717) is 6.42 Å². The van der Waals surface area contributed by atoms with Crippen LogP contribution in [0.2, 0.25) is 0 Å². The Morgan fingerprint density at radius 3 is 2.73 bits per heavy atom. The van der Waals surface area contributed by atoms with E-state index >= 15 is 0 Å². The summed E-state index contributed by atoms with van der Waals surface area (Å²) in [6, 6.07) is 0.220. The monoisotopic (exact) mass is 157 g/mol. The number of aliphatic hydroxyl groups is 1. The van der Waals surface area contributed by atoms with Crippen LogP contribution in [0.15, 0.2) is 0 Å². The van der Waals surface area contributed by atoms with E-state index in [1.54, 1.807) is 4.90 Å². The molecule has 64 valence electrons. The van der Waals surface area contributed by atoms with Gasteiger partial charge in [-0.2, -0.15) is 0 Å². The number of aliphatic hydroxyl groups excluding tert-OH is 1. The van der Waals surface area contributed by atoms with Crippen molar-refractivity contribution in [1.29, 1.82) is 0 Å². The summed E-state index contributed by atoms with van der Waals surface area (Å²) in [5.41, 5.74) is 0. The zero-order chi connectivity index (χ0) is 8.43. The molecule has 1 aliphatic rings. The second-order valence-electron chi connectivity index (χ2n) is 3.28. The van der Waals surface area contributed by atoms with E-state index in [2.05, 4.69) is 0 Å². The molecule has 0 spiro atoms. The quantitative estimate of drug-likeness (QED) is 0.597. The first-order chi connectivity index (χ1) is 5.13. The molecule has 1 N–H and O–H groups in total. The van der Waals surface area contributed by atoms with Crippen molar-refractivity contribution in [3.05, 3.63) is 0 Å². The van der Waals surface area contributed by atoms with Crippen LogP contribution in [0.5, 0.6) is 0 Å². The van der Waals surface area contributed by atoms with E-state index in [1.165, 1.54) is 0 Å². The van der Waals surface area contributed by atoms with Gasteiger partial charge in [-0.25, -0.2) is 0 Å². The molecule has 0 unspecified atom stereocenters. The highest BCUT2D eigenvalue weighted by Crippen LogP contribution is 2.13. The minimum atomic E-state index is -0.744. The molecule has 0 radical (unpaired) electrons. The Kier molecular flexibility index (Phi) is 2.49. The van der Waals surface area contributed by atoms with Crippen LogP contribution in [-0.4, -0.2) is 34.6 Å². The van der Waals surface area contributed by atoms with Crippen LogP contribution >= 0.6 is 0 Å². The number of nitrogens with zero attached hydrogens (tertiary/aromatic N) is 1. The molecule has 3 heteroatoms. The maximum absolute atomic E-state index is 11.2. The number of rotatable bonds is 1. The van der Waals surface area contributed by atoms with Crippen molar-refractivity contribution in [1.82, 2.24) is 4.90 Å². The van der Waals surface area contributed by atoms with Crippen LogP contribution in [0.25, 0.3) is 0 Å². The zero-order valence-electron chi connectivity index (χ0n) is 7.08. The molecule has 1 fully saturated rings. The molecule has 1 atom stereocenters. The number of carbonyl (C=O) groups excluding carboxylic acids is 1. The van der Waals surface area contributed by atoms with E-state index in [1.807, 2.05) is 13.8 Å². The van der Waals surface area contributed by atoms with Crippen LogP contribution in [0, 0.1) is 0 Å². The molecular weight excluding hydrogens is 142 g/mol. The second kappa shape index (κ2) is 3.22. The van der Waals surface area contributed by atoms with Gasteiger partial charge < -0.3 is 10.0 Å². The number of carbonyl (C=O) groups is 1. The van der Waals surface area contributed by atoms with Crippen molar-refractivity contribution in [2.45, 2.75) is 38.8 Å². The minimum absolute atomic E-state index is 0.105. The van der Waals surface area contributed by atoms with Gasteiger partial charge in [-0.3, -0.25) is 4.79 Å². The molecule has 1 heterocycles. The molecule has 1 saturated heterocycles. The predicted molar refractivity (Wildman–Crippen MR) is 42.1 cm³/mol. The molecule has 3 nitrogen and oxygen atoms in total. The zero-order valence-corrected chi connectivity index (χ0v) is 7.08. The fraction of sp³-hybridized carbons (Fsp3) is 0.875. The van der Waals surface area contributed by atoms with Crippen molar-refractivity contribution in [3.8, 4) is 0 Å². The van der Waals surface area contributed by atoms with Crippen molar-refractivity contribution >= 4 is 5.91 Å². The topological polar surface area (TPSA) is 40.5 Å². The number of amides is 1. The lowest BCUT2D eigenvalue weighted by molar-refractivity contribution is -0.145. The first-order valence-corrected chi connectivity index (χ1v) is 4.11. The third-order valence-electron chi connectivity index (χ3n) is 2.07. The maximum atomic E-state index is 11.2. The molecule has 0 saturated carbocycles. The molecule has 11 heavy (non-hydrogen) atoms. The summed E-state index contributed by atoms with van der Waals surface area (Å²) in [6.45, 7) is 4.74. The van der Waals surface area contributed by atoms with Crippen LogP contribution in [0.4, 0.5) is 0 Å². The van der Waals surface area contributed by atoms with Gasteiger partial charge in [-0.1, -0.05) is 0 Å². The molecule has 0 aromatic rings. The molecule has 0 bridgehead atoms. The van der Waals surface area contributed by atoms with Gasteiger partial charge in [0, 0.05) is 12.6 Å². The molecule has 1 aliphatic heterocycles. The van der Waals surface area contributed by atoms with E-state index in [9.17, 15) is 9.90 Å². The fourth-order valence-electron chi connectivity index (χ4n) is 1.39. The summed E-state index contributed by atoms with van der Waals surface area (Å²) in [5, 5.41) is 9.21. The Morgan fingerprint density at radius 2 is 2.27 bits per heavy atom. The molecule has 0 aromatic heterocycles. The van der Waals surface area contributed by atoms with Gasteiger partial charge >= 0.3 is 0 Å². The van der Waals surface area contributed by atoms with E-state index in [-0.39, 0.29) is 11.9 Å². The van der Waals surface area contributed by atoms with Gasteiger partial charge in [0.15, 0.2) is 0 Å². The highest BCUT2D eigenvalue weighted by molar-refractivity contribution is 5.81. The molecule has 1 rings (SSSR count). The summed E-state index contributed by atoms with van der Waals surface area (Å²) < 4.78 is 0. The van der Waals surface area contributed by atoms with Crippen LogP contribution in [0.3, 0.4) is 0 Å². The van der Waals surface area contributed by atoms with Crippen molar-refractivity contribution in [2.24, 2.45) is 0 Å². The highest BCUT2D eigenvalue weighted by Gasteiger charge is 2.27. The van der Waals surface area contributed by atoms with Gasteiger partial charge in [0.25, 0.3) is 5.91 Å². The Hall–Kier alpha value is -0.570. The van der Waals surface area contributed by atoms with Gasteiger partial charge in [0.1, 0.15) is 6.10 Å². The van der Waals surface area contributed by atoms with E-state index < -0.39 is 6.10 Å². The normalized spacial score (nSPS) is 26.4. The Labute approximate surface area is 67.0 Å². The SMILES string of the molecule is CC(C)N1CCC[C@@H](O)C1=O. The van der Waals surface area contributed by atoms with Gasteiger partial charge in [0.2, 0.25) is 0 Å². The lowest BCUT2D eigenvalue weighted by Gasteiger charge is -2.32. The summed E-state index contributed by atoms with van der Waals surface area (Å²) in [5.74, 6) is -0.105. The molecule has 0 aromatic carbocycles. The maximum Gasteiger partial charge on any atom is 0.251 e. The number of hydrogen-bond acceptors (Lipinski definition) is 2. The largest absolute Gasteiger partial charge is 0.383 e. The molecular formula is C8H15NO2. The smallest absolute Gasteiger partial charge is 0.251 e. The van der Waals surface area contributed by atoms with E-state index in [4.69, 9.17) is 0 Å². The Balaban J connectivity index is 2.58. The number of likely N-dealkylation sites (tertiary alicyclic amines) is 1. The fourth-order valence-corrected chi connectivity index (χ4v) is 1.39. The van der Waals surface area contributed by atoms with E-state index in [0.717, 1.165) is 13.0 Å². The first kappa shape index (κ1) is 8.53. The lowest BCUT2D eigenvalue weighted by Crippen LogP contribution is -2.47. The summed E-state index contributed by atoms with van der Waals surface area (Å²) >= 11 is 0. The molecule has 0 aliphatic carbocycles. The van der Waals surface area contributed by atoms with Crippen molar-refractivity contribution < 1.29 is 9.90 Å². The highest BCUT2D eigenvalue weighted by atomic mass is 16.3. The lowest BCUT2D eigenvalue weighted by atomic mass is 10.1. The summed E-state index contributed by atoms with van der Waals surface area (Å²) in [6.07, 6.45) is 0.804. The summed E-state index contributed by atoms with van der Waals surface area (Å²) in [7, 11) is 0.